The first kappa shape index (κ1) is 25.0. The predicted octanol–water partition coefficient (Wildman–Crippen LogP) is 5.55. The molecule has 10 heteroatoms. The molecule has 0 atom stereocenters. The minimum atomic E-state index is -0.407. The zero-order valence-electron chi connectivity index (χ0n) is 20.7. The van der Waals surface area contributed by atoms with Crippen LogP contribution in [0.2, 0.25) is 4.34 Å². The fourth-order valence-electron chi connectivity index (χ4n) is 4.41. The summed E-state index contributed by atoms with van der Waals surface area (Å²) >= 11 is 7.55. The Morgan fingerprint density at radius 3 is 2.67 bits per heavy atom. The number of aromatic nitrogens is 3. The quantitative estimate of drug-likeness (QED) is 0.282. The number of carbonyl (C=O) groups excluding carboxylic acids is 1. The van der Waals surface area contributed by atoms with E-state index in [0.29, 0.717) is 64.8 Å². The highest BCUT2D eigenvalue weighted by molar-refractivity contribution is 7.16. The molecule has 0 fully saturated rings. The van der Waals surface area contributed by atoms with Crippen molar-refractivity contribution in [1.29, 1.82) is 0 Å². The molecule has 0 saturated carbocycles. The summed E-state index contributed by atoms with van der Waals surface area (Å²) in [5.74, 6) is 0.920. The van der Waals surface area contributed by atoms with E-state index in [0.717, 1.165) is 10.4 Å². The number of halogens is 1. The number of fused-ring (bicyclic) bond motifs is 1. The van der Waals surface area contributed by atoms with Crippen molar-refractivity contribution >= 4 is 34.7 Å². The standard InChI is InChI=1S/C29H23ClN4O4S/c30-25-12-11-20(39-25)17-31-26-16-23(21-9-5-13-33(28(21)35)18-19-6-2-1-3-7-19)32-34(26)29(36)22-8-4-10-24-27(22)38-15-14-37-24/h1-13,16,31H,14-15,17-18H2. The Morgan fingerprint density at radius 1 is 1.00 bits per heavy atom. The number of nitrogens with zero attached hydrogens (tertiary/aromatic N) is 3. The summed E-state index contributed by atoms with van der Waals surface area (Å²) in [6.07, 6.45) is 1.74. The highest BCUT2D eigenvalue weighted by Crippen LogP contribution is 2.35. The van der Waals surface area contributed by atoms with Crippen LogP contribution in [-0.4, -0.2) is 33.5 Å². The van der Waals surface area contributed by atoms with E-state index in [9.17, 15) is 9.59 Å². The Hall–Kier alpha value is -4.34. The van der Waals surface area contributed by atoms with Crippen LogP contribution in [0, 0.1) is 0 Å². The molecule has 0 unspecified atom stereocenters. The van der Waals surface area contributed by atoms with Crippen LogP contribution >= 0.6 is 22.9 Å². The second-order valence-corrected chi connectivity index (χ2v) is 10.7. The Morgan fingerprint density at radius 2 is 1.85 bits per heavy atom. The maximum absolute atomic E-state index is 13.8. The van der Waals surface area contributed by atoms with Gasteiger partial charge < -0.3 is 19.4 Å². The zero-order chi connectivity index (χ0) is 26.8. The van der Waals surface area contributed by atoms with Gasteiger partial charge in [-0.3, -0.25) is 9.59 Å². The van der Waals surface area contributed by atoms with Crippen molar-refractivity contribution in [1.82, 2.24) is 14.3 Å². The summed E-state index contributed by atoms with van der Waals surface area (Å²) in [6.45, 7) is 1.60. The number of hydrogen-bond acceptors (Lipinski definition) is 7. The van der Waals surface area contributed by atoms with E-state index < -0.39 is 5.91 Å². The van der Waals surface area contributed by atoms with Crippen molar-refractivity contribution in [2.45, 2.75) is 13.1 Å². The van der Waals surface area contributed by atoms with E-state index in [1.165, 1.54) is 16.0 Å². The Bertz CT molecular complexity index is 1710. The fourth-order valence-corrected chi connectivity index (χ4v) is 5.44. The molecule has 5 aromatic rings. The SMILES string of the molecule is O=C(c1cccc2c1OCCO2)n1nc(-c2cccn(Cc3ccccc3)c2=O)cc1NCc1ccc(Cl)s1. The van der Waals surface area contributed by atoms with Gasteiger partial charge in [-0.25, -0.2) is 0 Å². The van der Waals surface area contributed by atoms with Crippen molar-refractivity contribution in [3.8, 4) is 22.8 Å². The largest absolute Gasteiger partial charge is 0.486 e. The number of anilines is 1. The van der Waals surface area contributed by atoms with Crippen LogP contribution in [0.5, 0.6) is 11.5 Å². The highest BCUT2D eigenvalue weighted by atomic mass is 35.5. The minimum absolute atomic E-state index is 0.205. The number of ether oxygens (including phenoxy) is 2. The normalized spacial score (nSPS) is 12.3. The highest BCUT2D eigenvalue weighted by Gasteiger charge is 2.25. The van der Waals surface area contributed by atoms with Gasteiger partial charge in [0, 0.05) is 17.1 Å². The smallest absolute Gasteiger partial charge is 0.283 e. The number of para-hydroxylation sites is 1. The first-order valence-corrected chi connectivity index (χ1v) is 13.5. The molecule has 0 bridgehead atoms. The van der Waals surface area contributed by atoms with Crippen molar-refractivity contribution in [2.75, 3.05) is 18.5 Å². The van der Waals surface area contributed by atoms with Crippen LogP contribution in [0.15, 0.2) is 89.9 Å². The van der Waals surface area contributed by atoms with Gasteiger partial charge in [0.1, 0.15) is 24.7 Å². The summed E-state index contributed by atoms with van der Waals surface area (Å²) in [7, 11) is 0. The third kappa shape index (κ3) is 5.19. The molecule has 1 aliphatic heterocycles. The van der Waals surface area contributed by atoms with Crippen molar-refractivity contribution in [3.05, 3.63) is 116 Å². The Balaban J connectivity index is 1.39. The van der Waals surface area contributed by atoms with Gasteiger partial charge in [-0.1, -0.05) is 48.0 Å². The number of pyridine rings is 1. The average molecular weight is 559 g/mol. The van der Waals surface area contributed by atoms with Crippen LogP contribution in [0.1, 0.15) is 20.8 Å². The molecule has 0 spiro atoms. The molecule has 0 aliphatic carbocycles. The van der Waals surface area contributed by atoms with Crippen LogP contribution in [0.4, 0.5) is 5.82 Å². The van der Waals surface area contributed by atoms with Gasteiger partial charge in [0.05, 0.1) is 28.6 Å². The molecule has 2 aromatic carbocycles. The molecule has 39 heavy (non-hydrogen) atoms. The third-order valence-electron chi connectivity index (χ3n) is 6.26. The van der Waals surface area contributed by atoms with Crippen molar-refractivity contribution in [2.24, 2.45) is 0 Å². The summed E-state index contributed by atoms with van der Waals surface area (Å²) in [5.41, 5.74) is 1.88. The Labute approximate surface area is 233 Å². The number of nitrogens with one attached hydrogen (secondary N) is 1. The molecule has 0 radical (unpaired) electrons. The van der Waals surface area contributed by atoms with E-state index in [1.807, 2.05) is 42.5 Å². The van der Waals surface area contributed by atoms with Crippen LogP contribution in [-0.2, 0) is 13.1 Å². The van der Waals surface area contributed by atoms with E-state index in [2.05, 4.69) is 10.4 Å². The molecule has 196 valence electrons. The molecule has 3 aromatic heterocycles. The lowest BCUT2D eigenvalue weighted by Gasteiger charge is -2.20. The second-order valence-electron chi connectivity index (χ2n) is 8.86. The van der Waals surface area contributed by atoms with Crippen LogP contribution < -0.4 is 20.3 Å². The summed E-state index contributed by atoms with van der Waals surface area (Å²) in [4.78, 5) is 28.3. The number of carbonyl (C=O) groups is 1. The average Bonchev–Trinajstić information content (AvgIpc) is 3.59. The zero-order valence-corrected chi connectivity index (χ0v) is 22.2. The van der Waals surface area contributed by atoms with Gasteiger partial charge in [0.2, 0.25) is 0 Å². The third-order valence-corrected chi connectivity index (χ3v) is 7.49. The molecule has 0 saturated heterocycles. The summed E-state index contributed by atoms with van der Waals surface area (Å²) in [5, 5.41) is 7.89. The van der Waals surface area contributed by atoms with Gasteiger partial charge in [-0.15, -0.1) is 11.3 Å². The second kappa shape index (κ2) is 10.8. The van der Waals surface area contributed by atoms with E-state index in [-0.39, 0.29) is 5.56 Å². The van der Waals surface area contributed by atoms with Gasteiger partial charge in [-0.2, -0.15) is 9.78 Å². The molecule has 1 N–H and O–H groups in total. The monoisotopic (exact) mass is 558 g/mol. The van der Waals surface area contributed by atoms with Crippen molar-refractivity contribution in [3.63, 3.8) is 0 Å². The lowest BCUT2D eigenvalue weighted by Crippen LogP contribution is -2.22. The number of hydrogen-bond donors (Lipinski definition) is 1. The summed E-state index contributed by atoms with van der Waals surface area (Å²) < 4.78 is 15.0. The van der Waals surface area contributed by atoms with Gasteiger partial charge in [0.15, 0.2) is 11.5 Å². The number of rotatable bonds is 7. The summed E-state index contributed by atoms with van der Waals surface area (Å²) in [6, 6.07) is 23.9. The maximum Gasteiger partial charge on any atom is 0.283 e. The molecular weight excluding hydrogens is 536 g/mol. The van der Waals surface area contributed by atoms with Crippen LogP contribution in [0.25, 0.3) is 11.3 Å². The minimum Gasteiger partial charge on any atom is -0.486 e. The molecular formula is C29H23ClN4O4S. The molecule has 0 amide bonds. The first-order valence-electron chi connectivity index (χ1n) is 12.3. The molecule has 1 aliphatic rings. The number of thiophene rings is 1. The maximum atomic E-state index is 13.8. The Kier molecular flexibility index (Phi) is 6.91. The van der Waals surface area contributed by atoms with Gasteiger partial charge in [-0.05, 0) is 42.0 Å². The lowest BCUT2D eigenvalue weighted by atomic mass is 10.1. The fraction of sp³-hybridized carbons (Fsp3) is 0.138. The molecule has 8 nitrogen and oxygen atoms in total. The topological polar surface area (TPSA) is 87.4 Å². The van der Waals surface area contributed by atoms with Crippen LogP contribution in [0.3, 0.4) is 0 Å². The first-order chi connectivity index (χ1) is 19.1. The number of benzene rings is 2. The van der Waals surface area contributed by atoms with Gasteiger partial charge in [0.25, 0.3) is 11.5 Å². The van der Waals surface area contributed by atoms with E-state index in [1.54, 1.807) is 47.2 Å². The molecule has 6 rings (SSSR count). The predicted molar refractivity (Wildman–Crippen MR) is 151 cm³/mol. The lowest BCUT2D eigenvalue weighted by molar-refractivity contribution is 0.0936. The van der Waals surface area contributed by atoms with Crippen molar-refractivity contribution < 1.29 is 14.3 Å². The molecule has 4 heterocycles. The van der Waals surface area contributed by atoms with Gasteiger partial charge >= 0.3 is 0 Å². The van der Waals surface area contributed by atoms with E-state index >= 15 is 0 Å². The van der Waals surface area contributed by atoms with E-state index in [4.69, 9.17) is 21.1 Å².